The van der Waals surface area contributed by atoms with Crippen molar-refractivity contribution in [3.63, 3.8) is 0 Å². The van der Waals surface area contributed by atoms with Crippen LogP contribution in [0.2, 0.25) is 0 Å². The maximum absolute atomic E-state index is 4.81. The van der Waals surface area contributed by atoms with Crippen molar-refractivity contribution < 1.29 is 13.3 Å². The van der Waals surface area contributed by atoms with E-state index < -0.39 is 0 Å². The topological polar surface area (TPSA) is 27.7 Å². The van der Waals surface area contributed by atoms with Crippen LogP contribution in [0.5, 0.6) is 0 Å². The molecule has 0 heterocycles. The molecule has 0 amide bonds. The maximum Gasteiger partial charge on any atom is 0.240 e. The summed E-state index contributed by atoms with van der Waals surface area (Å²) in [5, 5.41) is 0. The van der Waals surface area contributed by atoms with Gasteiger partial charge in [-0.2, -0.15) is 0 Å². The monoisotopic (exact) mass is 154 g/mol. The van der Waals surface area contributed by atoms with E-state index in [1.807, 2.05) is 0 Å². The highest BCUT2D eigenvalue weighted by atomic mass is 28.2. The Morgan fingerprint density at radius 3 is 1.14 bits per heavy atom. The highest BCUT2D eigenvalue weighted by Crippen LogP contribution is 1.85. The lowest BCUT2D eigenvalue weighted by Gasteiger charge is -2.10. The second-order valence-electron chi connectivity index (χ2n) is 0.996. The lowest BCUT2D eigenvalue weighted by molar-refractivity contribution is -0.131. The Kier molecular flexibility index (Phi) is 5.04. The van der Waals surface area contributed by atoms with Crippen LogP contribution in [0.4, 0.5) is 0 Å². The highest BCUT2D eigenvalue weighted by molar-refractivity contribution is 6.01. The smallest absolute Gasteiger partial charge is 0.240 e. The average molecular weight is 154 g/mol. The van der Waals surface area contributed by atoms with Crippen LogP contribution in [-0.4, -0.2) is 37.9 Å². The van der Waals surface area contributed by atoms with E-state index in [1.165, 1.54) is 0 Å². The van der Waals surface area contributed by atoms with Crippen molar-refractivity contribution in [1.29, 1.82) is 0 Å². The molecule has 3 nitrogen and oxygen atoms in total. The van der Waals surface area contributed by atoms with Gasteiger partial charge in [0.2, 0.25) is 6.48 Å². The highest BCUT2D eigenvalue weighted by Gasteiger charge is 1.94. The molecule has 0 aliphatic carbocycles. The largest absolute Gasteiger partial charge is 0.384 e. The zero-order chi connectivity index (χ0) is 5.70. The van der Waals surface area contributed by atoms with Crippen molar-refractivity contribution >= 4 is 31.5 Å². The minimum atomic E-state index is -0.329. The molecule has 0 aromatic rings. The molecule has 0 aromatic heterocycles. The van der Waals surface area contributed by atoms with Gasteiger partial charge < -0.3 is 13.3 Å². The van der Waals surface area contributed by atoms with Gasteiger partial charge in [-0.15, -0.1) is 0 Å². The minimum Gasteiger partial charge on any atom is -0.384 e. The van der Waals surface area contributed by atoms with E-state index in [0.29, 0.717) is 31.5 Å². The van der Waals surface area contributed by atoms with Gasteiger partial charge in [0.15, 0.2) is 31.5 Å². The van der Waals surface area contributed by atoms with Crippen LogP contribution in [0.1, 0.15) is 0 Å². The molecule has 0 atom stereocenters. The molecule has 7 heavy (non-hydrogen) atoms. The molecule has 0 saturated carbocycles. The molecule has 0 fully saturated rings. The van der Waals surface area contributed by atoms with Gasteiger partial charge >= 0.3 is 0 Å². The predicted molar refractivity (Wildman–Crippen MR) is 36.9 cm³/mol. The molecule has 0 radical (unpaired) electrons. The first kappa shape index (κ1) is 7.53. The average Bonchev–Trinajstić information content (AvgIpc) is 1.72. The third-order valence-electron chi connectivity index (χ3n) is 0.577. The molecule has 0 rings (SSSR count). The van der Waals surface area contributed by atoms with E-state index in [4.69, 9.17) is 13.3 Å². The zero-order valence-electron chi connectivity index (χ0n) is 4.80. The van der Waals surface area contributed by atoms with Crippen LogP contribution < -0.4 is 0 Å². The van der Waals surface area contributed by atoms with Gasteiger partial charge in [0.25, 0.3) is 0 Å². The van der Waals surface area contributed by atoms with Crippen LogP contribution in [0.25, 0.3) is 0 Å². The molecule has 6 heteroatoms. The Morgan fingerprint density at radius 1 is 0.857 bits per heavy atom. The zero-order valence-corrected chi connectivity index (χ0v) is 10.8. The van der Waals surface area contributed by atoms with E-state index in [0.717, 1.165) is 0 Å². The summed E-state index contributed by atoms with van der Waals surface area (Å²) >= 11 is 0. The van der Waals surface area contributed by atoms with Crippen molar-refractivity contribution in [3.05, 3.63) is 0 Å². The van der Waals surface area contributed by atoms with Crippen LogP contribution in [-0.2, 0) is 13.3 Å². The molecular weight excluding hydrogens is 144 g/mol. The molecule has 0 saturated heterocycles. The Labute approximate surface area is 52.0 Å². The molecule has 44 valence electrons. The Bertz CT molecular complexity index is 31.7. The van der Waals surface area contributed by atoms with E-state index in [-0.39, 0.29) is 6.48 Å². The molecule has 0 aromatic carbocycles. The van der Waals surface area contributed by atoms with Gasteiger partial charge in [0.05, 0.1) is 0 Å². The Balaban J connectivity index is 2.99. The van der Waals surface area contributed by atoms with Crippen LogP contribution in [0, 0.1) is 0 Å². The van der Waals surface area contributed by atoms with E-state index in [9.17, 15) is 0 Å². The molecule has 0 bridgehead atoms. The normalized spacial score (nSPS) is 15.4. The summed E-state index contributed by atoms with van der Waals surface area (Å²) in [6.45, 7) is -0.329. The first-order valence-corrected chi connectivity index (χ1v) is 4.38. The minimum absolute atomic E-state index is 0.329. The second kappa shape index (κ2) is 4.68. The summed E-state index contributed by atoms with van der Waals surface area (Å²) in [4.78, 5) is 0. The first-order chi connectivity index (χ1) is 3.35. The molecule has 0 aliphatic rings. The van der Waals surface area contributed by atoms with Crippen molar-refractivity contribution in [3.8, 4) is 0 Å². The fourth-order valence-electron chi connectivity index (χ4n) is 0.289. The maximum atomic E-state index is 4.81. The number of hydrogen-bond acceptors (Lipinski definition) is 3. The second-order valence-corrected chi connectivity index (χ2v) is 2.41. The van der Waals surface area contributed by atoms with Crippen molar-refractivity contribution in [2.45, 2.75) is 6.48 Å². The van der Waals surface area contributed by atoms with Gasteiger partial charge in [-0.3, -0.25) is 0 Å². The van der Waals surface area contributed by atoms with E-state index >= 15 is 0 Å². The summed E-state index contributed by atoms with van der Waals surface area (Å²) in [7, 11) is 2.06. The fraction of sp³-hybridized carbons (Fsp3) is 1.00. The van der Waals surface area contributed by atoms with E-state index in [2.05, 4.69) is 0 Å². The first-order valence-electron chi connectivity index (χ1n) is 1.93. The van der Waals surface area contributed by atoms with Gasteiger partial charge in [0.1, 0.15) is 0 Å². The standard InChI is InChI=1S/CH10O3Si3/c5-2-1(3-6)4-7/h1H,5-7H3. The van der Waals surface area contributed by atoms with Gasteiger partial charge in [-0.05, 0) is 0 Å². The Hall–Kier alpha value is 0.531. The Morgan fingerprint density at radius 2 is 1.14 bits per heavy atom. The van der Waals surface area contributed by atoms with Crippen LogP contribution >= 0.6 is 0 Å². The van der Waals surface area contributed by atoms with Gasteiger partial charge in [-0.1, -0.05) is 0 Å². The molecule has 0 unspecified atom stereocenters. The summed E-state index contributed by atoms with van der Waals surface area (Å²) in [5.74, 6) is 0. The predicted octanol–water partition coefficient (Wildman–Crippen LogP) is -3.84. The molecule has 0 N–H and O–H groups in total. The van der Waals surface area contributed by atoms with E-state index in [1.54, 1.807) is 0 Å². The third kappa shape index (κ3) is 3.14. The lowest BCUT2D eigenvalue weighted by atomic mass is 11.4. The van der Waals surface area contributed by atoms with Crippen molar-refractivity contribution in [2.24, 2.45) is 0 Å². The SMILES string of the molecule is [SiH3]OC(O[SiH3])O[SiH3]. The quantitative estimate of drug-likeness (QED) is 0.308. The lowest BCUT2D eigenvalue weighted by Crippen LogP contribution is -2.16. The molecule has 0 spiro atoms. The summed E-state index contributed by atoms with van der Waals surface area (Å²) in [5.41, 5.74) is 0. The van der Waals surface area contributed by atoms with Crippen molar-refractivity contribution in [2.75, 3.05) is 0 Å². The van der Waals surface area contributed by atoms with Crippen molar-refractivity contribution in [1.82, 2.24) is 0 Å². The van der Waals surface area contributed by atoms with Gasteiger partial charge in [0, 0.05) is 0 Å². The summed E-state index contributed by atoms with van der Waals surface area (Å²) in [6, 6.07) is 0. The summed E-state index contributed by atoms with van der Waals surface area (Å²) in [6.07, 6.45) is 0. The number of hydrogen-bond donors (Lipinski definition) is 0. The van der Waals surface area contributed by atoms with Crippen LogP contribution in [0.3, 0.4) is 0 Å². The summed E-state index contributed by atoms with van der Waals surface area (Å²) < 4.78 is 14.4. The van der Waals surface area contributed by atoms with Crippen LogP contribution in [0.15, 0.2) is 0 Å². The molecule has 0 aliphatic heterocycles. The number of rotatable bonds is 3. The molecular formula is CH10O3Si3. The van der Waals surface area contributed by atoms with Gasteiger partial charge in [-0.25, -0.2) is 0 Å². The fourth-order valence-corrected chi connectivity index (χ4v) is 2.60. The third-order valence-corrected chi connectivity index (χ3v) is 1.73.